The molecule has 0 spiro atoms. The van der Waals surface area contributed by atoms with Gasteiger partial charge in [0.15, 0.2) is 0 Å². The molecule has 0 radical (unpaired) electrons. The number of piperazine rings is 1. The molecule has 0 aromatic carbocycles. The normalized spacial score (nSPS) is 22.9. The highest BCUT2D eigenvalue weighted by molar-refractivity contribution is 4.72. The van der Waals surface area contributed by atoms with Crippen LogP contribution >= 0.6 is 0 Å². The van der Waals surface area contributed by atoms with Gasteiger partial charge in [-0.3, -0.25) is 0 Å². The molecule has 0 aliphatic carbocycles. The van der Waals surface area contributed by atoms with Crippen LogP contribution < -0.4 is 5.73 Å². The summed E-state index contributed by atoms with van der Waals surface area (Å²) in [5.41, 5.74) is 6.02. The Kier molecular flexibility index (Phi) is 4.85. The summed E-state index contributed by atoms with van der Waals surface area (Å²) in [6.07, 6.45) is 1.14. The maximum Gasteiger partial charge on any atom is 0.0110 e. The zero-order chi connectivity index (χ0) is 10.6. The van der Waals surface area contributed by atoms with Crippen molar-refractivity contribution in [2.45, 2.75) is 26.3 Å². The van der Waals surface area contributed by atoms with Crippen LogP contribution in [0.1, 0.15) is 20.3 Å². The second kappa shape index (κ2) is 5.69. The first kappa shape index (κ1) is 12.0. The molecule has 1 aliphatic rings. The van der Waals surface area contributed by atoms with Crippen molar-refractivity contribution in [1.82, 2.24) is 9.80 Å². The van der Waals surface area contributed by atoms with Gasteiger partial charge in [-0.05, 0) is 25.9 Å². The lowest BCUT2D eigenvalue weighted by Gasteiger charge is -2.33. The molecule has 84 valence electrons. The highest BCUT2D eigenvalue weighted by Crippen LogP contribution is 2.06. The maximum atomic E-state index is 6.02. The van der Waals surface area contributed by atoms with Crippen molar-refractivity contribution >= 4 is 0 Å². The molecule has 1 atom stereocenters. The topological polar surface area (TPSA) is 32.5 Å². The molecule has 0 amide bonds. The van der Waals surface area contributed by atoms with E-state index in [0.717, 1.165) is 6.42 Å². The number of nitrogens with two attached hydrogens (primary N) is 1. The van der Waals surface area contributed by atoms with Gasteiger partial charge in [0.05, 0.1) is 0 Å². The van der Waals surface area contributed by atoms with Gasteiger partial charge in [0.1, 0.15) is 0 Å². The molecule has 1 heterocycles. The molecule has 0 aromatic heterocycles. The minimum atomic E-state index is 0.370. The summed E-state index contributed by atoms with van der Waals surface area (Å²) >= 11 is 0. The van der Waals surface area contributed by atoms with Gasteiger partial charge in [0, 0.05) is 32.2 Å². The van der Waals surface area contributed by atoms with Crippen LogP contribution in [0.4, 0.5) is 0 Å². The standard InChI is InChI=1S/C11H25N3/c1-10(2)11(12)4-5-14-8-6-13(3)7-9-14/h10-11H,4-9,12H2,1-3H3/t11-/m0/s1. The zero-order valence-electron chi connectivity index (χ0n) is 9.87. The Morgan fingerprint density at radius 3 is 2.21 bits per heavy atom. The Labute approximate surface area is 88.2 Å². The van der Waals surface area contributed by atoms with E-state index in [1.165, 1.54) is 32.7 Å². The van der Waals surface area contributed by atoms with E-state index in [4.69, 9.17) is 5.73 Å². The Hall–Kier alpha value is -0.120. The van der Waals surface area contributed by atoms with Crippen molar-refractivity contribution in [1.29, 1.82) is 0 Å². The van der Waals surface area contributed by atoms with Gasteiger partial charge in [-0.1, -0.05) is 13.8 Å². The van der Waals surface area contributed by atoms with Crippen LogP contribution in [-0.2, 0) is 0 Å². The first-order valence-corrected chi connectivity index (χ1v) is 5.76. The van der Waals surface area contributed by atoms with Gasteiger partial charge >= 0.3 is 0 Å². The number of hydrogen-bond acceptors (Lipinski definition) is 3. The quantitative estimate of drug-likeness (QED) is 0.720. The van der Waals surface area contributed by atoms with E-state index in [0.29, 0.717) is 12.0 Å². The second-order valence-corrected chi connectivity index (χ2v) is 4.84. The molecular formula is C11H25N3. The highest BCUT2D eigenvalue weighted by Gasteiger charge is 2.15. The molecule has 3 nitrogen and oxygen atoms in total. The van der Waals surface area contributed by atoms with E-state index < -0.39 is 0 Å². The molecule has 1 saturated heterocycles. The van der Waals surface area contributed by atoms with E-state index in [-0.39, 0.29) is 0 Å². The SMILES string of the molecule is CC(C)[C@@H](N)CCN1CCN(C)CC1. The molecule has 2 N–H and O–H groups in total. The summed E-state index contributed by atoms with van der Waals surface area (Å²) in [5.74, 6) is 0.613. The van der Waals surface area contributed by atoms with Crippen molar-refractivity contribution in [3.8, 4) is 0 Å². The fourth-order valence-electron chi connectivity index (χ4n) is 1.74. The van der Waals surface area contributed by atoms with Crippen molar-refractivity contribution < 1.29 is 0 Å². The van der Waals surface area contributed by atoms with Gasteiger partial charge in [-0.15, -0.1) is 0 Å². The third kappa shape index (κ3) is 3.95. The number of likely N-dealkylation sites (N-methyl/N-ethyl adjacent to an activating group) is 1. The minimum Gasteiger partial charge on any atom is -0.327 e. The Bertz CT molecular complexity index is 151. The molecule has 1 aliphatic heterocycles. The Balaban J connectivity index is 2.13. The van der Waals surface area contributed by atoms with Crippen molar-refractivity contribution in [2.24, 2.45) is 11.7 Å². The fraction of sp³-hybridized carbons (Fsp3) is 1.00. The first-order chi connectivity index (χ1) is 6.59. The third-order valence-electron chi connectivity index (χ3n) is 3.23. The number of rotatable bonds is 4. The Morgan fingerprint density at radius 1 is 1.14 bits per heavy atom. The lowest BCUT2D eigenvalue weighted by Crippen LogP contribution is -2.45. The zero-order valence-corrected chi connectivity index (χ0v) is 9.87. The first-order valence-electron chi connectivity index (χ1n) is 5.76. The maximum absolute atomic E-state index is 6.02. The molecule has 0 saturated carbocycles. The molecule has 1 rings (SSSR count). The average Bonchev–Trinajstić information content (AvgIpc) is 2.16. The highest BCUT2D eigenvalue weighted by atomic mass is 15.2. The molecule has 3 heteroatoms. The third-order valence-corrected chi connectivity index (χ3v) is 3.23. The van der Waals surface area contributed by atoms with Crippen molar-refractivity contribution in [3.05, 3.63) is 0 Å². The molecule has 1 fully saturated rings. The van der Waals surface area contributed by atoms with Crippen LogP contribution in [-0.4, -0.2) is 55.6 Å². The number of nitrogens with zero attached hydrogens (tertiary/aromatic N) is 2. The van der Waals surface area contributed by atoms with Crippen LogP contribution in [0.3, 0.4) is 0 Å². The van der Waals surface area contributed by atoms with Gasteiger partial charge in [-0.25, -0.2) is 0 Å². The van der Waals surface area contributed by atoms with Crippen LogP contribution in [0.15, 0.2) is 0 Å². The summed E-state index contributed by atoms with van der Waals surface area (Å²) in [6, 6.07) is 0.370. The van der Waals surface area contributed by atoms with Gasteiger partial charge in [0.2, 0.25) is 0 Å². The smallest absolute Gasteiger partial charge is 0.0110 e. The Morgan fingerprint density at radius 2 is 1.71 bits per heavy atom. The predicted molar refractivity (Wildman–Crippen MR) is 61.4 cm³/mol. The molecule has 0 unspecified atom stereocenters. The summed E-state index contributed by atoms with van der Waals surface area (Å²) in [7, 11) is 2.19. The molecule has 0 bridgehead atoms. The van der Waals surface area contributed by atoms with Crippen molar-refractivity contribution in [3.63, 3.8) is 0 Å². The average molecular weight is 199 g/mol. The van der Waals surface area contributed by atoms with E-state index in [2.05, 4.69) is 30.7 Å². The monoisotopic (exact) mass is 199 g/mol. The minimum absolute atomic E-state index is 0.370. The lowest BCUT2D eigenvalue weighted by atomic mass is 10.0. The van der Waals surface area contributed by atoms with Crippen LogP contribution in [0, 0.1) is 5.92 Å². The van der Waals surface area contributed by atoms with Gasteiger partial charge < -0.3 is 15.5 Å². The van der Waals surface area contributed by atoms with Crippen LogP contribution in [0.2, 0.25) is 0 Å². The largest absolute Gasteiger partial charge is 0.327 e. The molecular weight excluding hydrogens is 174 g/mol. The van der Waals surface area contributed by atoms with Gasteiger partial charge in [0.25, 0.3) is 0 Å². The summed E-state index contributed by atoms with van der Waals surface area (Å²) in [4.78, 5) is 4.92. The van der Waals surface area contributed by atoms with Crippen LogP contribution in [0.5, 0.6) is 0 Å². The van der Waals surface area contributed by atoms with Crippen LogP contribution in [0.25, 0.3) is 0 Å². The van der Waals surface area contributed by atoms with Gasteiger partial charge in [-0.2, -0.15) is 0 Å². The molecule has 0 aromatic rings. The molecule has 14 heavy (non-hydrogen) atoms. The van der Waals surface area contributed by atoms with E-state index in [1.807, 2.05) is 0 Å². The summed E-state index contributed by atoms with van der Waals surface area (Å²) < 4.78 is 0. The van der Waals surface area contributed by atoms with E-state index in [9.17, 15) is 0 Å². The van der Waals surface area contributed by atoms with Crippen molar-refractivity contribution in [2.75, 3.05) is 39.8 Å². The predicted octanol–water partition coefficient (Wildman–Crippen LogP) is 0.607. The van der Waals surface area contributed by atoms with E-state index >= 15 is 0 Å². The lowest BCUT2D eigenvalue weighted by molar-refractivity contribution is 0.148. The fourth-order valence-corrected chi connectivity index (χ4v) is 1.74. The number of hydrogen-bond donors (Lipinski definition) is 1. The second-order valence-electron chi connectivity index (χ2n) is 4.84. The summed E-state index contributed by atoms with van der Waals surface area (Å²) in [6.45, 7) is 10.4. The summed E-state index contributed by atoms with van der Waals surface area (Å²) in [5, 5.41) is 0. The van der Waals surface area contributed by atoms with E-state index in [1.54, 1.807) is 0 Å².